The van der Waals surface area contributed by atoms with Crippen LogP contribution in [0.4, 0.5) is 0 Å². The quantitative estimate of drug-likeness (QED) is 0.455. The molecule has 0 aromatic carbocycles. The van der Waals surface area contributed by atoms with E-state index in [4.69, 9.17) is 16.3 Å². The molecule has 1 fully saturated rings. The topological polar surface area (TPSA) is 45.7 Å². The summed E-state index contributed by atoms with van der Waals surface area (Å²) in [5.74, 6) is 1.34. The molecule has 0 aromatic rings. The zero-order valence-electron chi connectivity index (χ0n) is 9.46. The molecule has 0 saturated carbocycles. The maximum atomic E-state index is 5.65. The lowest BCUT2D eigenvalue weighted by Crippen LogP contribution is -2.40. The summed E-state index contributed by atoms with van der Waals surface area (Å²) in [7, 11) is 1.73. The Hall–Kier alpha value is -0.0100. The summed E-state index contributed by atoms with van der Waals surface area (Å²) in [5, 5.41) is 6.86. The van der Waals surface area contributed by atoms with Crippen LogP contribution in [0, 0.1) is 5.92 Å². The highest BCUT2D eigenvalue weighted by atomic mass is 127. The number of ether oxygens (including phenoxy) is 1. The monoisotopic (exact) mass is 359 g/mol. The van der Waals surface area contributed by atoms with Crippen molar-refractivity contribution in [1.29, 1.82) is 0 Å². The highest BCUT2D eigenvalue weighted by Crippen LogP contribution is 2.10. The highest BCUT2D eigenvalue weighted by molar-refractivity contribution is 14.0. The minimum atomic E-state index is 0. The van der Waals surface area contributed by atoms with Crippen LogP contribution in [-0.4, -0.2) is 39.3 Å². The second-order valence-corrected chi connectivity index (χ2v) is 4.09. The number of aliphatic imine (C=N–C) groups is 1. The number of nitrogens with one attached hydrogen (secondary N) is 2. The van der Waals surface area contributed by atoms with E-state index in [1.807, 2.05) is 0 Å². The molecule has 16 heavy (non-hydrogen) atoms. The fourth-order valence-corrected chi connectivity index (χ4v) is 1.45. The third-order valence-corrected chi connectivity index (χ3v) is 2.39. The molecule has 0 aliphatic carbocycles. The first kappa shape index (κ1) is 16.0. The number of nitrogens with zero attached hydrogens (tertiary/aromatic N) is 1. The number of hydrogen-bond donors (Lipinski definition) is 2. The smallest absolute Gasteiger partial charge is 0.191 e. The maximum absolute atomic E-state index is 5.65. The van der Waals surface area contributed by atoms with Gasteiger partial charge in [-0.15, -0.1) is 24.0 Å². The maximum Gasteiger partial charge on any atom is 0.191 e. The highest BCUT2D eigenvalue weighted by Gasteiger charge is 2.15. The molecule has 1 aliphatic heterocycles. The van der Waals surface area contributed by atoms with Gasteiger partial charge in [-0.1, -0.05) is 18.2 Å². The Morgan fingerprint density at radius 1 is 1.56 bits per heavy atom. The second kappa shape index (κ2) is 9.07. The van der Waals surface area contributed by atoms with Crippen molar-refractivity contribution in [3.05, 3.63) is 11.6 Å². The molecular formula is C10H19ClIN3O. The Kier molecular flexibility index (Phi) is 9.06. The Morgan fingerprint density at radius 3 is 2.81 bits per heavy atom. The minimum Gasteiger partial charge on any atom is -0.381 e. The summed E-state index contributed by atoms with van der Waals surface area (Å²) in [6, 6.07) is 0. The van der Waals surface area contributed by atoms with E-state index in [2.05, 4.69) is 22.2 Å². The van der Waals surface area contributed by atoms with Crippen LogP contribution in [-0.2, 0) is 4.74 Å². The van der Waals surface area contributed by atoms with Crippen LogP contribution in [0.25, 0.3) is 0 Å². The van der Waals surface area contributed by atoms with Crippen molar-refractivity contribution in [2.75, 3.05) is 33.4 Å². The third-order valence-electron chi connectivity index (χ3n) is 2.25. The molecule has 94 valence electrons. The fraction of sp³-hybridized carbons (Fsp3) is 0.700. The third kappa shape index (κ3) is 6.55. The molecule has 6 heteroatoms. The van der Waals surface area contributed by atoms with Gasteiger partial charge in [0.1, 0.15) is 0 Å². The van der Waals surface area contributed by atoms with Crippen molar-refractivity contribution < 1.29 is 4.74 Å². The van der Waals surface area contributed by atoms with Crippen molar-refractivity contribution in [3.63, 3.8) is 0 Å². The van der Waals surface area contributed by atoms with E-state index in [-0.39, 0.29) is 24.0 Å². The van der Waals surface area contributed by atoms with Crippen LogP contribution in [0.5, 0.6) is 0 Å². The number of halogens is 2. The standard InChI is InChI=1S/C10H18ClN3O.HI/c1-8(11)5-13-10(12-2)14-6-9-3-4-15-7-9;/h9H,1,3-7H2,2H3,(H2,12,13,14);1H. The molecule has 0 bridgehead atoms. The van der Waals surface area contributed by atoms with Crippen LogP contribution in [0.3, 0.4) is 0 Å². The van der Waals surface area contributed by atoms with E-state index in [0.29, 0.717) is 17.5 Å². The lowest BCUT2D eigenvalue weighted by Gasteiger charge is -2.13. The number of guanidine groups is 1. The van der Waals surface area contributed by atoms with Crippen molar-refractivity contribution in [3.8, 4) is 0 Å². The van der Waals surface area contributed by atoms with Gasteiger partial charge in [0.15, 0.2) is 5.96 Å². The molecule has 4 nitrogen and oxygen atoms in total. The van der Waals surface area contributed by atoms with E-state index >= 15 is 0 Å². The number of rotatable bonds is 4. The van der Waals surface area contributed by atoms with Gasteiger partial charge in [0.25, 0.3) is 0 Å². The molecule has 0 amide bonds. The first-order valence-electron chi connectivity index (χ1n) is 5.08. The molecule has 0 radical (unpaired) electrons. The molecule has 1 saturated heterocycles. The van der Waals surface area contributed by atoms with Crippen LogP contribution >= 0.6 is 35.6 Å². The molecule has 2 N–H and O–H groups in total. The first-order valence-corrected chi connectivity index (χ1v) is 5.45. The summed E-state index contributed by atoms with van der Waals surface area (Å²) in [6.07, 6.45) is 1.12. The zero-order valence-corrected chi connectivity index (χ0v) is 12.5. The number of hydrogen-bond acceptors (Lipinski definition) is 2. The molecule has 1 aliphatic rings. The van der Waals surface area contributed by atoms with Crippen LogP contribution < -0.4 is 10.6 Å². The molecule has 1 atom stereocenters. The predicted molar refractivity (Wildman–Crippen MR) is 78.7 cm³/mol. The first-order chi connectivity index (χ1) is 7.22. The van der Waals surface area contributed by atoms with Gasteiger partial charge in [0, 0.05) is 31.1 Å². The average Bonchev–Trinajstić information content (AvgIpc) is 2.70. The summed E-state index contributed by atoms with van der Waals surface area (Å²) >= 11 is 5.65. The molecule has 0 spiro atoms. The van der Waals surface area contributed by atoms with Gasteiger partial charge in [-0.05, 0) is 6.42 Å². The lowest BCUT2D eigenvalue weighted by atomic mass is 10.1. The Labute approximate surface area is 119 Å². The minimum absolute atomic E-state index is 0. The van der Waals surface area contributed by atoms with Gasteiger partial charge in [0.2, 0.25) is 0 Å². The largest absolute Gasteiger partial charge is 0.381 e. The molecule has 1 heterocycles. The second-order valence-electron chi connectivity index (χ2n) is 3.55. The Balaban J connectivity index is 0.00000225. The average molecular weight is 360 g/mol. The van der Waals surface area contributed by atoms with Gasteiger partial charge in [0.05, 0.1) is 13.2 Å². The van der Waals surface area contributed by atoms with E-state index in [1.54, 1.807) is 7.05 Å². The van der Waals surface area contributed by atoms with Gasteiger partial charge in [-0.2, -0.15) is 0 Å². The Morgan fingerprint density at radius 2 is 2.31 bits per heavy atom. The summed E-state index contributed by atoms with van der Waals surface area (Å²) in [4.78, 5) is 4.07. The van der Waals surface area contributed by atoms with E-state index in [9.17, 15) is 0 Å². The van der Waals surface area contributed by atoms with Crippen molar-refractivity contribution in [2.45, 2.75) is 6.42 Å². The molecule has 1 unspecified atom stereocenters. The van der Waals surface area contributed by atoms with Crippen molar-refractivity contribution >= 4 is 41.5 Å². The SMILES string of the molecule is C=C(Cl)CNC(=NC)NCC1CCOC1.I. The van der Waals surface area contributed by atoms with Crippen molar-refractivity contribution in [1.82, 2.24) is 10.6 Å². The van der Waals surface area contributed by atoms with Gasteiger partial charge in [-0.25, -0.2) is 0 Å². The van der Waals surface area contributed by atoms with E-state index < -0.39 is 0 Å². The predicted octanol–water partition coefficient (Wildman–Crippen LogP) is 1.56. The molecule has 0 aromatic heterocycles. The normalized spacial score (nSPS) is 20.1. The van der Waals surface area contributed by atoms with E-state index in [0.717, 1.165) is 32.1 Å². The molecule has 1 rings (SSSR count). The van der Waals surface area contributed by atoms with Crippen molar-refractivity contribution in [2.24, 2.45) is 10.9 Å². The van der Waals surface area contributed by atoms with E-state index in [1.165, 1.54) is 0 Å². The fourth-order valence-electron chi connectivity index (χ4n) is 1.39. The van der Waals surface area contributed by atoms with Gasteiger partial charge < -0.3 is 15.4 Å². The Bertz CT molecular complexity index is 242. The van der Waals surface area contributed by atoms with Gasteiger partial charge in [-0.3, -0.25) is 4.99 Å². The zero-order chi connectivity index (χ0) is 11.1. The molecular weight excluding hydrogens is 340 g/mol. The van der Waals surface area contributed by atoms with Gasteiger partial charge >= 0.3 is 0 Å². The van der Waals surface area contributed by atoms with Crippen LogP contribution in [0.1, 0.15) is 6.42 Å². The summed E-state index contributed by atoms with van der Waals surface area (Å²) < 4.78 is 5.29. The summed E-state index contributed by atoms with van der Waals surface area (Å²) in [5.41, 5.74) is 0. The lowest BCUT2D eigenvalue weighted by molar-refractivity contribution is 0.186. The van der Waals surface area contributed by atoms with Crippen LogP contribution in [0.2, 0.25) is 0 Å². The summed E-state index contributed by atoms with van der Waals surface area (Å²) in [6.45, 7) is 6.72. The van der Waals surface area contributed by atoms with Crippen LogP contribution in [0.15, 0.2) is 16.6 Å².